The van der Waals surface area contributed by atoms with Gasteiger partial charge in [0.15, 0.2) is 0 Å². The number of urea groups is 1. The molecule has 0 bridgehead atoms. The number of amides is 4. The van der Waals surface area contributed by atoms with Crippen LogP contribution in [0.4, 0.5) is 4.79 Å². The van der Waals surface area contributed by atoms with E-state index in [1.54, 1.807) is 0 Å². The average Bonchev–Trinajstić information content (AvgIpc) is 2.62. The van der Waals surface area contributed by atoms with E-state index in [1.807, 2.05) is 0 Å². The van der Waals surface area contributed by atoms with Crippen molar-refractivity contribution in [1.82, 2.24) is 14.7 Å². The maximum atomic E-state index is 11.6. The van der Waals surface area contributed by atoms with Crippen LogP contribution >= 0.6 is 0 Å². The Labute approximate surface area is 127 Å². The van der Waals surface area contributed by atoms with Crippen molar-refractivity contribution in [3.63, 3.8) is 0 Å². The second-order valence-electron chi connectivity index (χ2n) is 5.88. The van der Waals surface area contributed by atoms with Crippen LogP contribution in [0, 0.1) is 0 Å². The number of unbranched alkanes of at least 4 members (excludes halogenated alkanes) is 6. The molecule has 1 aliphatic rings. The lowest BCUT2D eigenvalue weighted by Crippen LogP contribution is -2.32. The lowest BCUT2D eigenvalue weighted by Gasteiger charge is -2.12. The molecule has 1 rings (SSSR count). The summed E-state index contributed by atoms with van der Waals surface area (Å²) in [5, 5.41) is 0. The molecule has 0 aromatic heterocycles. The van der Waals surface area contributed by atoms with E-state index in [0.717, 1.165) is 35.6 Å². The van der Waals surface area contributed by atoms with E-state index in [0.29, 0.717) is 6.54 Å². The van der Waals surface area contributed by atoms with E-state index in [9.17, 15) is 14.4 Å². The van der Waals surface area contributed by atoms with Crippen molar-refractivity contribution in [2.24, 2.45) is 0 Å². The molecular weight excluding hydrogens is 270 g/mol. The Balaban J connectivity index is 2.03. The molecule has 6 heteroatoms. The Morgan fingerprint density at radius 3 is 1.81 bits per heavy atom. The summed E-state index contributed by atoms with van der Waals surface area (Å²) in [6.07, 6.45) is 7.78. The summed E-state index contributed by atoms with van der Waals surface area (Å²) in [7, 11) is 5.52. The molecule has 1 aliphatic heterocycles. The SMILES string of the molecule is CN(C)CCCCCCCCCN1C(=O)C(=O)N(C)C1=O. The third-order valence-electron chi connectivity index (χ3n) is 3.74. The number of imide groups is 2. The molecule has 4 amide bonds. The second kappa shape index (κ2) is 8.77. The normalized spacial score (nSPS) is 15.7. The first-order valence-corrected chi connectivity index (χ1v) is 7.73. The maximum Gasteiger partial charge on any atom is 0.333 e. The van der Waals surface area contributed by atoms with Gasteiger partial charge in [-0.25, -0.2) is 4.79 Å². The van der Waals surface area contributed by atoms with Crippen LogP contribution in [0.5, 0.6) is 0 Å². The van der Waals surface area contributed by atoms with Gasteiger partial charge in [0.25, 0.3) is 0 Å². The second-order valence-corrected chi connectivity index (χ2v) is 5.88. The Hall–Kier alpha value is -1.43. The molecule has 1 fully saturated rings. The summed E-state index contributed by atoms with van der Waals surface area (Å²) >= 11 is 0. The van der Waals surface area contributed by atoms with E-state index in [-0.39, 0.29) is 0 Å². The van der Waals surface area contributed by atoms with Gasteiger partial charge in [-0.05, 0) is 33.5 Å². The van der Waals surface area contributed by atoms with E-state index in [2.05, 4.69) is 19.0 Å². The van der Waals surface area contributed by atoms with E-state index >= 15 is 0 Å². The molecule has 1 heterocycles. The van der Waals surface area contributed by atoms with Gasteiger partial charge in [-0.15, -0.1) is 0 Å². The van der Waals surface area contributed by atoms with E-state index in [1.165, 1.54) is 32.7 Å². The largest absolute Gasteiger partial charge is 0.333 e. The summed E-state index contributed by atoms with van der Waals surface area (Å²) in [5.41, 5.74) is 0. The molecule has 0 unspecified atom stereocenters. The number of hydrogen-bond donors (Lipinski definition) is 0. The van der Waals surface area contributed by atoms with Crippen molar-refractivity contribution in [2.75, 3.05) is 34.2 Å². The lowest BCUT2D eigenvalue weighted by molar-refractivity contribution is -0.142. The van der Waals surface area contributed by atoms with Gasteiger partial charge in [-0.2, -0.15) is 0 Å². The number of hydrogen-bond acceptors (Lipinski definition) is 4. The van der Waals surface area contributed by atoms with Crippen molar-refractivity contribution >= 4 is 17.8 Å². The van der Waals surface area contributed by atoms with Gasteiger partial charge in [-0.3, -0.25) is 19.4 Å². The highest BCUT2D eigenvalue weighted by atomic mass is 16.2. The molecule has 0 spiro atoms. The number of carbonyl (C=O) groups excluding carboxylic acids is 3. The standard InChI is InChI=1S/C15H27N3O3/c1-16(2)11-9-7-5-4-6-8-10-12-18-14(20)13(19)17(3)15(18)21/h4-12H2,1-3H3. The van der Waals surface area contributed by atoms with Gasteiger partial charge in [0.05, 0.1) is 0 Å². The summed E-state index contributed by atoms with van der Waals surface area (Å²) in [4.78, 5) is 38.6. The van der Waals surface area contributed by atoms with Crippen LogP contribution in [0.3, 0.4) is 0 Å². The zero-order valence-corrected chi connectivity index (χ0v) is 13.4. The van der Waals surface area contributed by atoms with Crippen molar-refractivity contribution in [3.8, 4) is 0 Å². The van der Waals surface area contributed by atoms with Crippen molar-refractivity contribution in [2.45, 2.75) is 44.9 Å². The van der Waals surface area contributed by atoms with Crippen molar-refractivity contribution in [3.05, 3.63) is 0 Å². The monoisotopic (exact) mass is 297 g/mol. The highest BCUT2D eigenvalue weighted by Crippen LogP contribution is 2.12. The quantitative estimate of drug-likeness (QED) is 0.350. The summed E-state index contributed by atoms with van der Waals surface area (Å²) in [5.74, 6) is -1.41. The fourth-order valence-electron chi connectivity index (χ4n) is 2.39. The van der Waals surface area contributed by atoms with Crippen LogP contribution in [-0.4, -0.2) is 66.8 Å². The van der Waals surface area contributed by atoms with Crippen LogP contribution in [0.15, 0.2) is 0 Å². The predicted molar refractivity (Wildman–Crippen MR) is 80.8 cm³/mol. The fraction of sp³-hybridized carbons (Fsp3) is 0.800. The predicted octanol–water partition coefficient (Wildman–Crippen LogP) is 1.70. The Kier molecular flexibility index (Phi) is 7.36. The maximum absolute atomic E-state index is 11.6. The molecule has 0 radical (unpaired) electrons. The third-order valence-corrected chi connectivity index (χ3v) is 3.74. The van der Waals surface area contributed by atoms with Crippen molar-refractivity contribution in [1.29, 1.82) is 0 Å². The van der Waals surface area contributed by atoms with Gasteiger partial charge in [0.1, 0.15) is 0 Å². The molecule has 1 saturated heterocycles. The van der Waals surface area contributed by atoms with Gasteiger partial charge in [-0.1, -0.05) is 32.1 Å². The highest BCUT2D eigenvalue weighted by molar-refractivity contribution is 6.44. The minimum absolute atomic E-state index is 0.356. The molecular formula is C15H27N3O3. The first kappa shape index (κ1) is 17.6. The van der Waals surface area contributed by atoms with Crippen LogP contribution in [0.1, 0.15) is 44.9 Å². The van der Waals surface area contributed by atoms with Crippen LogP contribution in [-0.2, 0) is 9.59 Å². The zero-order chi connectivity index (χ0) is 15.8. The lowest BCUT2D eigenvalue weighted by atomic mass is 10.1. The Bertz CT molecular complexity index is 382. The molecule has 0 aliphatic carbocycles. The Morgan fingerprint density at radius 1 is 0.810 bits per heavy atom. The van der Waals surface area contributed by atoms with Gasteiger partial charge in [0, 0.05) is 13.6 Å². The van der Waals surface area contributed by atoms with E-state index in [4.69, 9.17) is 0 Å². The van der Waals surface area contributed by atoms with Crippen LogP contribution in [0.2, 0.25) is 0 Å². The van der Waals surface area contributed by atoms with Crippen LogP contribution < -0.4 is 0 Å². The summed E-state index contributed by atoms with van der Waals surface area (Å²) in [6.45, 7) is 1.50. The summed E-state index contributed by atoms with van der Waals surface area (Å²) < 4.78 is 0. The molecule has 0 aromatic rings. The minimum atomic E-state index is -0.721. The first-order chi connectivity index (χ1) is 9.95. The highest BCUT2D eigenvalue weighted by Gasteiger charge is 2.41. The molecule has 0 atom stereocenters. The number of likely N-dealkylation sites (N-methyl/N-ethyl adjacent to an activating group) is 1. The third kappa shape index (κ3) is 5.46. The summed E-state index contributed by atoms with van der Waals surface area (Å²) in [6, 6.07) is -0.492. The minimum Gasteiger partial charge on any atom is -0.309 e. The molecule has 120 valence electrons. The van der Waals surface area contributed by atoms with Gasteiger partial charge >= 0.3 is 17.8 Å². The topological polar surface area (TPSA) is 60.9 Å². The molecule has 0 saturated carbocycles. The van der Waals surface area contributed by atoms with Crippen LogP contribution in [0.25, 0.3) is 0 Å². The van der Waals surface area contributed by atoms with Gasteiger partial charge < -0.3 is 4.90 Å². The number of carbonyl (C=O) groups is 3. The van der Waals surface area contributed by atoms with Gasteiger partial charge in [0.2, 0.25) is 0 Å². The number of rotatable bonds is 10. The number of nitrogens with zero attached hydrogens (tertiary/aromatic N) is 3. The molecule has 6 nitrogen and oxygen atoms in total. The zero-order valence-electron chi connectivity index (χ0n) is 13.4. The first-order valence-electron chi connectivity index (χ1n) is 7.73. The Morgan fingerprint density at radius 2 is 1.33 bits per heavy atom. The molecule has 0 aromatic carbocycles. The fourth-order valence-corrected chi connectivity index (χ4v) is 2.39. The smallest absolute Gasteiger partial charge is 0.309 e. The van der Waals surface area contributed by atoms with E-state index < -0.39 is 17.8 Å². The average molecular weight is 297 g/mol. The molecule has 0 N–H and O–H groups in total. The molecule has 21 heavy (non-hydrogen) atoms. The van der Waals surface area contributed by atoms with Crippen molar-refractivity contribution < 1.29 is 14.4 Å².